The minimum Gasteiger partial charge on any atom is -0.502 e. The van der Waals surface area contributed by atoms with Crippen LogP contribution in [0.3, 0.4) is 0 Å². The molecule has 0 spiro atoms. The third kappa shape index (κ3) is 4.30. The van der Waals surface area contributed by atoms with E-state index in [1.165, 1.54) is 14.2 Å². The number of phenolic OH excluding ortho intramolecular Hbond substituents is 1. The van der Waals surface area contributed by atoms with Crippen LogP contribution in [0.5, 0.6) is 28.7 Å². The summed E-state index contributed by atoms with van der Waals surface area (Å²) < 4.78 is 28.1. The number of hydrogen-bond acceptors (Lipinski definition) is 10. The molecule has 6 rings (SSSR count). The van der Waals surface area contributed by atoms with Crippen LogP contribution < -0.4 is 24.3 Å². The number of fused-ring (bicyclic) bond motifs is 3. The standard InChI is InChI=1S/C28H35N3O7/c1-30-6-8-31(9-7-30)5-4-29-26-18-13-21-20(37-15-38-21)12-17(18)24(25-19(26)14-36-28(25)33)16-10-22(34-2)27(32)23(11-16)35-3/h10-13,19,24-26,29,32H,4-9,14-15H2,1-3H3/t19-,24+,25-,26+/m0/s1. The van der Waals surface area contributed by atoms with E-state index >= 15 is 0 Å². The van der Waals surface area contributed by atoms with E-state index in [1.807, 2.05) is 12.1 Å². The lowest BCUT2D eigenvalue weighted by molar-refractivity contribution is -0.141. The van der Waals surface area contributed by atoms with Gasteiger partial charge in [0.2, 0.25) is 12.5 Å². The Balaban J connectivity index is 1.39. The molecule has 2 aromatic rings. The second-order valence-electron chi connectivity index (χ2n) is 10.5. The Morgan fingerprint density at radius 3 is 2.29 bits per heavy atom. The number of nitrogens with zero attached hydrogens (tertiary/aromatic N) is 2. The van der Waals surface area contributed by atoms with Gasteiger partial charge in [-0.2, -0.15) is 0 Å². The molecular formula is C28H35N3O7. The van der Waals surface area contributed by atoms with Crippen molar-refractivity contribution >= 4 is 5.97 Å². The maximum Gasteiger partial charge on any atom is 0.310 e. The third-order valence-corrected chi connectivity index (χ3v) is 8.44. The monoisotopic (exact) mass is 525 g/mol. The molecule has 38 heavy (non-hydrogen) atoms. The maximum absolute atomic E-state index is 13.3. The van der Waals surface area contributed by atoms with Crippen LogP contribution in [0, 0.1) is 11.8 Å². The van der Waals surface area contributed by atoms with E-state index in [2.05, 4.69) is 22.2 Å². The topological polar surface area (TPSA) is 102 Å². The number of benzene rings is 2. The molecule has 0 bridgehead atoms. The molecule has 10 heteroatoms. The molecule has 2 fully saturated rings. The number of ether oxygens (including phenoxy) is 5. The van der Waals surface area contributed by atoms with Gasteiger partial charge in [0.05, 0.1) is 26.7 Å². The van der Waals surface area contributed by atoms with Gasteiger partial charge in [-0.1, -0.05) is 0 Å². The molecule has 2 saturated heterocycles. The van der Waals surface area contributed by atoms with Crippen molar-refractivity contribution in [3.63, 3.8) is 0 Å². The molecule has 10 nitrogen and oxygen atoms in total. The second kappa shape index (κ2) is 10.2. The number of likely N-dealkylation sites (N-methyl/N-ethyl adjacent to an activating group) is 1. The van der Waals surface area contributed by atoms with Gasteiger partial charge < -0.3 is 39.0 Å². The van der Waals surface area contributed by atoms with Gasteiger partial charge in [-0.25, -0.2) is 0 Å². The lowest BCUT2D eigenvalue weighted by atomic mass is 9.65. The summed E-state index contributed by atoms with van der Waals surface area (Å²) in [6.07, 6.45) is 0. The number of methoxy groups -OCH3 is 2. The van der Waals surface area contributed by atoms with Crippen molar-refractivity contribution in [1.29, 1.82) is 0 Å². The number of esters is 1. The van der Waals surface area contributed by atoms with Crippen molar-refractivity contribution in [1.82, 2.24) is 15.1 Å². The van der Waals surface area contributed by atoms with Gasteiger partial charge in [-0.05, 0) is 48.0 Å². The lowest BCUT2D eigenvalue weighted by Crippen LogP contribution is -2.48. The molecule has 3 aliphatic heterocycles. The fourth-order valence-corrected chi connectivity index (χ4v) is 6.37. The zero-order valence-corrected chi connectivity index (χ0v) is 22.1. The highest BCUT2D eigenvalue weighted by atomic mass is 16.7. The van der Waals surface area contributed by atoms with E-state index in [0.717, 1.165) is 56.0 Å². The number of aromatic hydroxyl groups is 1. The SMILES string of the molecule is COc1cc([C@@H]2c3cc4c(cc3[C@@H](NCCN3CCN(C)CC3)[C@H]3COC(=O)[C@H]23)OCO4)cc(OC)c1O. The van der Waals surface area contributed by atoms with E-state index in [9.17, 15) is 9.90 Å². The Hall–Kier alpha value is -3.21. The molecule has 4 aliphatic rings. The zero-order valence-electron chi connectivity index (χ0n) is 22.1. The first-order valence-electron chi connectivity index (χ1n) is 13.2. The van der Waals surface area contributed by atoms with Crippen LogP contribution in [0.2, 0.25) is 0 Å². The lowest BCUT2D eigenvalue weighted by Gasteiger charge is -2.40. The smallest absolute Gasteiger partial charge is 0.310 e. The van der Waals surface area contributed by atoms with E-state index in [0.29, 0.717) is 18.1 Å². The van der Waals surface area contributed by atoms with E-state index < -0.39 is 5.92 Å². The number of nitrogens with one attached hydrogen (secondary N) is 1. The van der Waals surface area contributed by atoms with Crippen LogP contribution >= 0.6 is 0 Å². The molecule has 0 aromatic heterocycles. The zero-order chi connectivity index (χ0) is 26.4. The Kier molecular flexibility index (Phi) is 6.71. The highest BCUT2D eigenvalue weighted by Crippen LogP contribution is 2.55. The highest BCUT2D eigenvalue weighted by Gasteiger charge is 2.52. The number of carbonyl (C=O) groups excluding carboxylic acids is 1. The molecule has 0 amide bonds. The van der Waals surface area contributed by atoms with Gasteiger partial charge in [-0.15, -0.1) is 0 Å². The predicted octanol–water partition coefficient (Wildman–Crippen LogP) is 1.95. The van der Waals surface area contributed by atoms with Crippen LogP contribution in [-0.2, 0) is 9.53 Å². The van der Waals surface area contributed by atoms with Crippen LogP contribution in [-0.4, -0.2) is 94.8 Å². The van der Waals surface area contributed by atoms with Crippen LogP contribution in [0.15, 0.2) is 24.3 Å². The van der Waals surface area contributed by atoms with Gasteiger partial charge in [0, 0.05) is 57.1 Å². The number of piperazine rings is 1. The van der Waals surface area contributed by atoms with Gasteiger partial charge in [0.25, 0.3) is 0 Å². The predicted molar refractivity (Wildman–Crippen MR) is 138 cm³/mol. The number of carbonyl (C=O) groups is 1. The number of rotatable bonds is 7. The minimum atomic E-state index is -0.414. The summed E-state index contributed by atoms with van der Waals surface area (Å²) in [6, 6.07) is 7.51. The van der Waals surface area contributed by atoms with Gasteiger partial charge in [0.15, 0.2) is 23.0 Å². The fraction of sp³-hybridized carbons (Fsp3) is 0.536. The average Bonchev–Trinajstić information content (AvgIpc) is 3.55. The highest BCUT2D eigenvalue weighted by molar-refractivity contribution is 5.79. The molecule has 0 unspecified atom stereocenters. The summed E-state index contributed by atoms with van der Waals surface area (Å²) in [4.78, 5) is 18.1. The van der Waals surface area contributed by atoms with E-state index in [4.69, 9.17) is 23.7 Å². The normalized spacial score (nSPS) is 26.6. The molecule has 2 aromatic carbocycles. The number of cyclic esters (lactones) is 1. The van der Waals surface area contributed by atoms with Crippen molar-refractivity contribution in [2.45, 2.75) is 12.0 Å². The van der Waals surface area contributed by atoms with E-state index in [-0.39, 0.29) is 47.9 Å². The van der Waals surface area contributed by atoms with Gasteiger partial charge >= 0.3 is 5.97 Å². The Morgan fingerprint density at radius 2 is 1.63 bits per heavy atom. The first-order valence-corrected chi connectivity index (χ1v) is 13.2. The van der Waals surface area contributed by atoms with Gasteiger partial charge in [0.1, 0.15) is 0 Å². The van der Waals surface area contributed by atoms with Crippen molar-refractivity contribution in [3.05, 3.63) is 41.0 Å². The van der Waals surface area contributed by atoms with Crippen molar-refractivity contribution in [2.75, 3.05) is 73.9 Å². The Labute approximate surface area is 222 Å². The summed E-state index contributed by atoms with van der Waals surface area (Å²) in [7, 11) is 5.15. The summed E-state index contributed by atoms with van der Waals surface area (Å²) in [5.74, 6) is 0.828. The first kappa shape index (κ1) is 25.1. The summed E-state index contributed by atoms with van der Waals surface area (Å²) in [5.41, 5.74) is 2.85. The summed E-state index contributed by atoms with van der Waals surface area (Å²) in [5, 5.41) is 14.3. The number of phenols is 1. The maximum atomic E-state index is 13.3. The summed E-state index contributed by atoms with van der Waals surface area (Å²) >= 11 is 0. The van der Waals surface area contributed by atoms with Crippen LogP contribution in [0.25, 0.3) is 0 Å². The molecule has 0 radical (unpaired) electrons. The molecule has 1 aliphatic carbocycles. The Bertz CT molecular complexity index is 1190. The minimum absolute atomic E-state index is 0.0707. The first-order chi connectivity index (χ1) is 18.5. The third-order valence-electron chi connectivity index (χ3n) is 8.44. The quantitative estimate of drug-likeness (QED) is 0.522. The largest absolute Gasteiger partial charge is 0.502 e. The molecule has 0 saturated carbocycles. The number of hydrogen-bond donors (Lipinski definition) is 2. The average molecular weight is 526 g/mol. The van der Waals surface area contributed by atoms with E-state index in [1.54, 1.807) is 12.1 Å². The molecule has 204 valence electrons. The Morgan fingerprint density at radius 1 is 0.974 bits per heavy atom. The molecular weight excluding hydrogens is 490 g/mol. The van der Waals surface area contributed by atoms with Crippen molar-refractivity contribution < 1.29 is 33.6 Å². The second-order valence-corrected chi connectivity index (χ2v) is 10.5. The summed E-state index contributed by atoms with van der Waals surface area (Å²) in [6.45, 7) is 6.49. The molecule has 3 heterocycles. The molecule has 4 atom stereocenters. The fourth-order valence-electron chi connectivity index (χ4n) is 6.37. The van der Waals surface area contributed by atoms with Crippen molar-refractivity contribution in [3.8, 4) is 28.7 Å². The van der Waals surface area contributed by atoms with Crippen molar-refractivity contribution in [2.24, 2.45) is 11.8 Å². The molecule has 2 N–H and O–H groups in total. The van der Waals surface area contributed by atoms with Gasteiger partial charge in [-0.3, -0.25) is 9.69 Å². The van der Waals surface area contributed by atoms with Crippen LogP contribution in [0.4, 0.5) is 0 Å². The van der Waals surface area contributed by atoms with Crippen LogP contribution in [0.1, 0.15) is 28.7 Å².